The number of hydrogen-bond donors (Lipinski definition) is 1. The number of hydrogen-bond acceptors (Lipinski definition) is 4. The molecule has 3 aromatic carbocycles. The Morgan fingerprint density at radius 2 is 1.66 bits per heavy atom. The second-order valence-corrected chi connectivity index (χ2v) is 12.3. The van der Waals surface area contributed by atoms with Crippen molar-refractivity contribution < 1.29 is 31.2 Å². The second kappa shape index (κ2) is 13.5. The normalized spacial score (nSPS) is 12.5. The highest BCUT2D eigenvalue weighted by Gasteiger charge is 2.35. The highest BCUT2D eigenvalue weighted by atomic mass is 79.9. The number of carbonyl (C=O) groups is 2. The number of carbonyl (C=O) groups excluding carboxylic acids is 2. The van der Waals surface area contributed by atoms with E-state index in [4.69, 9.17) is 0 Å². The molecule has 0 unspecified atom stereocenters. The molecule has 0 aliphatic rings. The van der Waals surface area contributed by atoms with Crippen LogP contribution < -0.4 is 9.62 Å². The van der Waals surface area contributed by atoms with E-state index in [2.05, 4.69) is 21.2 Å². The number of rotatable bonds is 11. The van der Waals surface area contributed by atoms with Crippen LogP contribution >= 0.6 is 15.9 Å². The summed E-state index contributed by atoms with van der Waals surface area (Å²) in [6.45, 7) is 4.65. The van der Waals surface area contributed by atoms with E-state index in [-0.39, 0.29) is 17.1 Å². The first-order valence-corrected chi connectivity index (χ1v) is 15.1. The lowest BCUT2D eigenvalue weighted by Crippen LogP contribution is -2.51. The van der Waals surface area contributed by atoms with Crippen LogP contribution in [-0.4, -0.2) is 44.3 Å². The van der Waals surface area contributed by atoms with Crippen LogP contribution in [0, 0.1) is 6.92 Å². The van der Waals surface area contributed by atoms with Crippen LogP contribution in [0.1, 0.15) is 37.0 Å². The number of halogens is 4. The predicted molar refractivity (Wildman–Crippen MR) is 155 cm³/mol. The van der Waals surface area contributed by atoms with Crippen LogP contribution in [0.25, 0.3) is 0 Å². The molecule has 0 aliphatic carbocycles. The highest BCUT2D eigenvalue weighted by molar-refractivity contribution is 9.10. The van der Waals surface area contributed by atoms with Crippen LogP contribution in [0.3, 0.4) is 0 Å². The summed E-state index contributed by atoms with van der Waals surface area (Å²) in [5.41, 5.74) is 0.0386. The van der Waals surface area contributed by atoms with Crippen molar-refractivity contribution in [2.75, 3.05) is 17.4 Å². The van der Waals surface area contributed by atoms with E-state index in [0.29, 0.717) is 28.9 Å². The van der Waals surface area contributed by atoms with Crippen molar-refractivity contribution in [3.05, 3.63) is 94.0 Å². The summed E-state index contributed by atoms with van der Waals surface area (Å²) >= 11 is 3.38. The molecule has 2 amide bonds. The molecule has 7 nitrogen and oxygen atoms in total. The molecule has 0 spiro atoms. The molecule has 0 radical (unpaired) electrons. The fraction of sp³-hybridized carbons (Fsp3) is 0.310. The van der Waals surface area contributed by atoms with Crippen molar-refractivity contribution >= 4 is 43.5 Å². The largest absolute Gasteiger partial charge is 0.416 e. The third-order valence-corrected chi connectivity index (χ3v) is 8.59. The number of amides is 2. The molecule has 0 aliphatic heterocycles. The van der Waals surface area contributed by atoms with Crippen LogP contribution in [0.2, 0.25) is 0 Å². The summed E-state index contributed by atoms with van der Waals surface area (Å²) < 4.78 is 69.7. The minimum atomic E-state index is -4.74. The first-order chi connectivity index (χ1) is 19.2. The molecule has 1 atom stereocenters. The number of benzene rings is 3. The van der Waals surface area contributed by atoms with E-state index in [1.54, 1.807) is 43.3 Å². The van der Waals surface area contributed by atoms with Gasteiger partial charge in [-0.2, -0.15) is 13.2 Å². The molecule has 0 heterocycles. The van der Waals surface area contributed by atoms with E-state index in [0.717, 1.165) is 22.2 Å². The number of alkyl halides is 3. The standard InChI is InChI=1S/C29H31BrF3N3O4S/c1-4-15-34-28(38)21(3)35(18-22-7-5-9-24(30)16-22)27(37)19-36(25-10-6-8-23(17-25)29(31,32)33)41(39,40)26-13-11-20(2)12-14-26/h5-14,16-17,21H,4,15,18-19H2,1-3H3,(H,34,38)/t21-/m0/s1. The van der Waals surface area contributed by atoms with Gasteiger partial charge in [0, 0.05) is 17.6 Å². The lowest BCUT2D eigenvalue weighted by Gasteiger charge is -2.32. The molecule has 0 saturated carbocycles. The van der Waals surface area contributed by atoms with Crippen molar-refractivity contribution in [3.8, 4) is 0 Å². The topological polar surface area (TPSA) is 86.8 Å². The maximum Gasteiger partial charge on any atom is 0.416 e. The number of aryl methyl sites for hydroxylation is 1. The fourth-order valence-corrected chi connectivity index (χ4v) is 5.87. The Kier molecular flexibility index (Phi) is 10.6. The molecule has 220 valence electrons. The van der Waals surface area contributed by atoms with Gasteiger partial charge >= 0.3 is 6.18 Å². The average Bonchev–Trinajstić information content (AvgIpc) is 2.92. The molecule has 0 saturated heterocycles. The first-order valence-electron chi connectivity index (χ1n) is 12.8. The van der Waals surface area contributed by atoms with Gasteiger partial charge in [0.25, 0.3) is 10.0 Å². The van der Waals surface area contributed by atoms with E-state index < -0.39 is 46.2 Å². The van der Waals surface area contributed by atoms with Gasteiger partial charge in [-0.15, -0.1) is 0 Å². The van der Waals surface area contributed by atoms with Gasteiger partial charge in [0.05, 0.1) is 16.1 Å². The zero-order chi connectivity index (χ0) is 30.4. The molecular weight excluding hydrogens is 623 g/mol. The minimum absolute atomic E-state index is 0.0417. The second-order valence-electron chi connectivity index (χ2n) is 9.49. The third-order valence-electron chi connectivity index (χ3n) is 6.31. The van der Waals surface area contributed by atoms with Crippen molar-refractivity contribution in [1.82, 2.24) is 10.2 Å². The number of anilines is 1. The number of nitrogens with zero attached hydrogens (tertiary/aromatic N) is 2. The SMILES string of the molecule is CCCNC(=O)[C@H](C)N(Cc1cccc(Br)c1)C(=O)CN(c1cccc(C(F)(F)F)c1)S(=O)(=O)c1ccc(C)cc1. The molecule has 41 heavy (non-hydrogen) atoms. The molecule has 3 aromatic rings. The van der Waals surface area contributed by atoms with Gasteiger partial charge in [-0.25, -0.2) is 8.42 Å². The molecule has 3 rings (SSSR count). The summed E-state index contributed by atoms with van der Waals surface area (Å²) in [5.74, 6) is -1.21. The van der Waals surface area contributed by atoms with Crippen LogP contribution in [0.15, 0.2) is 82.2 Å². The van der Waals surface area contributed by atoms with Gasteiger partial charge < -0.3 is 10.2 Å². The summed E-state index contributed by atoms with van der Waals surface area (Å²) in [6.07, 6.45) is -4.08. The number of nitrogens with one attached hydrogen (secondary N) is 1. The molecule has 0 aromatic heterocycles. The Labute approximate surface area is 246 Å². The van der Waals surface area contributed by atoms with Gasteiger partial charge in [-0.1, -0.05) is 58.7 Å². The van der Waals surface area contributed by atoms with Crippen molar-refractivity contribution in [3.63, 3.8) is 0 Å². The van der Waals surface area contributed by atoms with Crippen LogP contribution in [0.5, 0.6) is 0 Å². The van der Waals surface area contributed by atoms with Crippen LogP contribution in [-0.2, 0) is 32.3 Å². The maximum absolute atomic E-state index is 13.9. The van der Waals surface area contributed by atoms with Gasteiger partial charge in [0.15, 0.2) is 0 Å². The summed E-state index contributed by atoms with van der Waals surface area (Å²) in [4.78, 5) is 27.8. The first kappa shape index (κ1) is 32.1. The highest BCUT2D eigenvalue weighted by Crippen LogP contribution is 2.33. The summed E-state index contributed by atoms with van der Waals surface area (Å²) in [5, 5.41) is 2.74. The van der Waals surface area contributed by atoms with E-state index in [1.807, 2.05) is 6.92 Å². The molecule has 0 fully saturated rings. The molecule has 1 N–H and O–H groups in total. The quantitative estimate of drug-likeness (QED) is 0.279. The van der Waals surface area contributed by atoms with E-state index in [1.165, 1.54) is 30.0 Å². The number of sulfonamides is 1. The minimum Gasteiger partial charge on any atom is -0.354 e. The Morgan fingerprint density at radius 3 is 2.27 bits per heavy atom. The summed E-state index contributed by atoms with van der Waals surface area (Å²) in [7, 11) is -4.49. The van der Waals surface area contributed by atoms with Crippen molar-refractivity contribution in [2.45, 2.75) is 50.9 Å². The van der Waals surface area contributed by atoms with Gasteiger partial charge in [-0.05, 0) is 68.3 Å². The predicted octanol–water partition coefficient (Wildman–Crippen LogP) is 5.92. The third kappa shape index (κ3) is 8.32. The lowest BCUT2D eigenvalue weighted by atomic mass is 10.1. The Balaban J connectivity index is 2.08. The molecule has 12 heteroatoms. The summed E-state index contributed by atoms with van der Waals surface area (Å²) in [6, 6.07) is 15.6. The smallest absolute Gasteiger partial charge is 0.354 e. The lowest BCUT2D eigenvalue weighted by molar-refractivity contribution is -0.139. The Morgan fingerprint density at radius 1 is 1.00 bits per heavy atom. The van der Waals surface area contributed by atoms with Gasteiger partial charge in [-0.3, -0.25) is 13.9 Å². The van der Waals surface area contributed by atoms with E-state index in [9.17, 15) is 31.2 Å². The Bertz CT molecular complexity index is 1480. The van der Waals surface area contributed by atoms with Crippen LogP contribution in [0.4, 0.5) is 18.9 Å². The Hall–Kier alpha value is -3.38. The average molecular weight is 655 g/mol. The van der Waals surface area contributed by atoms with E-state index >= 15 is 0 Å². The maximum atomic E-state index is 13.9. The van der Waals surface area contributed by atoms with Crippen molar-refractivity contribution in [2.24, 2.45) is 0 Å². The zero-order valence-electron chi connectivity index (χ0n) is 22.8. The molecular formula is C29H31BrF3N3O4S. The van der Waals surface area contributed by atoms with Crippen molar-refractivity contribution in [1.29, 1.82) is 0 Å². The zero-order valence-corrected chi connectivity index (χ0v) is 25.2. The monoisotopic (exact) mass is 653 g/mol. The van der Waals surface area contributed by atoms with Gasteiger partial charge in [0.2, 0.25) is 11.8 Å². The van der Waals surface area contributed by atoms with Gasteiger partial charge in [0.1, 0.15) is 12.6 Å². The fourth-order valence-electron chi connectivity index (χ4n) is 4.01. The molecule has 0 bridgehead atoms.